The van der Waals surface area contributed by atoms with Crippen molar-refractivity contribution in [2.45, 2.75) is 39.3 Å². The average Bonchev–Trinajstić information content (AvgIpc) is 2.32. The van der Waals surface area contributed by atoms with E-state index in [0.717, 1.165) is 0 Å². The molecule has 0 aliphatic heterocycles. The first-order valence-corrected chi connectivity index (χ1v) is 7.10. The Morgan fingerprint density at radius 2 is 1.86 bits per heavy atom. The predicted molar refractivity (Wildman–Crippen MR) is 83.9 cm³/mol. The molecule has 1 unspecified atom stereocenters. The molecule has 1 aromatic carbocycles. The van der Waals surface area contributed by atoms with Gasteiger partial charge < -0.3 is 15.4 Å². The number of hydrogen-bond acceptors (Lipinski definition) is 3. The Morgan fingerprint density at radius 1 is 1.24 bits per heavy atom. The number of anilines is 1. The number of amides is 2. The standard InChI is InChI=1S/C14H18Cl2N2O3/c1-8(17-13(20)21-14(2,3)4)12(19)18-10-7-5-6-9(15)11(10)16/h5-8H,1-4H3,(H,17,20)(H,18,19). The lowest BCUT2D eigenvalue weighted by atomic mass is 10.2. The lowest BCUT2D eigenvalue weighted by molar-refractivity contribution is -0.117. The second kappa shape index (κ2) is 7.00. The van der Waals surface area contributed by atoms with Gasteiger partial charge in [-0.05, 0) is 39.8 Å². The van der Waals surface area contributed by atoms with Gasteiger partial charge >= 0.3 is 6.09 Å². The molecule has 0 radical (unpaired) electrons. The highest BCUT2D eigenvalue weighted by Crippen LogP contribution is 2.29. The van der Waals surface area contributed by atoms with Crippen molar-refractivity contribution in [1.29, 1.82) is 0 Å². The average molecular weight is 333 g/mol. The molecule has 0 heterocycles. The van der Waals surface area contributed by atoms with Gasteiger partial charge in [-0.1, -0.05) is 29.3 Å². The van der Waals surface area contributed by atoms with Crippen molar-refractivity contribution < 1.29 is 14.3 Å². The Kier molecular flexibility index (Phi) is 5.87. The van der Waals surface area contributed by atoms with E-state index in [0.29, 0.717) is 10.7 Å². The van der Waals surface area contributed by atoms with E-state index in [9.17, 15) is 9.59 Å². The molecule has 1 aromatic rings. The van der Waals surface area contributed by atoms with Gasteiger partial charge in [0.05, 0.1) is 15.7 Å². The minimum atomic E-state index is -0.783. The molecule has 7 heteroatoms. The van der Waals surface area contributed by atoms with Crippen LogP contribution in [0.5, 0.6) is 0 Å². The van der Waals surface area contributed by atoms with Gasteiger partial charge in [-0.15, -0.1) is 0 Å². The molecular weight excluding hydrogens is 315 g/mol. The molecule has 0 spiro atoms. The van der Waals surface area contributed by atoms with Crippen LogP contribution in [0.25, 0.3) is 0 Å². The molecule has 0 aliphatic rings. The highest BCUT2D eigenvalue weighted by atomic mass is 35.5. The van der Waals surface area contributed by atoms with Crippen molar-refractivity contribution in [3.05, 3.63) is 28.2 Å². The molecule has 5 nitrogen and oxygen atoms in total. The Morgan fingerprint density at radius 3 is 2.43 bits per heavy atom. The fraction of sp³-hybridized carbons (Fsp3) is 0.429. The van der Waals surface area contributed by atoms with Crippen molar-refractivity contribution in [3.63, 3.8) is 0 Å². The summed E-state index contributed by atoms with van der Waals surface area (Å²) in [5.41, 5.74) is -0.247. The normalized spacial score (nSPS) is 12.5. The first-order valence-electron chi connectivity index (χ1n) is 6.34. The van der Waals surface area contributed by atoms with Gasteiger partial charge in [0.1, 0.15) is 11.6 Å². The van der Waals surface area contributed by atoms with Gasteiger partial charge in [0.15, 0.2) is 0 Å². The summed E-state index contributed by atoms with van der Waals surface area (Å²) in [6, 6.07) is 4.11. The zero-order valence-corrected chi connectivity index (χ0v) is 13.8. The maximum atomic E-state index is 12.0. The predicted octanol–water partition coefficient (Wildman–Crippen LogP) is 3.85. The number of alkyl carbamates (subject to hydrolysis) is 1. The molecule has 0 aliphatic carbocycles. The number of nitrogens with one attached hydrogen (secondary N) is 2. The van der Waals surface area contributed by atoms with Crippen molar-refractivity contribution >= 4 is 40.9 Å². The molecule has 0 saturated heterocycles. The summed E-state index contributed by atoms with van der Waals surface area (Å²) < 4.78 is 5.07. The van der Waals surface area contributed by atoms with Crippen LogP contribution in [0.3, 0.4) is 0 Å². The summed E-state index contributed by atoms with van der Waals surface area (Å²) >= 11 is 11.8. The monoisotopic (exact) mass is 332 g/mol. The minimum absolute atomic E-state index is 0.247. The first kappa shape index (κ1) is 17.6. The van der Waals surface area contributed by atoms with Crippen molar-refractivity contribution in [2.24, 2.45) is 0 Å². The first-order chi connectivity index (χ1) is 9.60. The van der Waals surface area contributed by atoms with Gasteiger partial charge in [-0.3, -0.25) is 4.79 Å². The molecule has 1 atom stereocenters. The van der Waals surface area contributed by atoms with Crippen LogP contribution >= 0.6 is 23.2 Å². The summed E-state index contributed by atoms with van der Waals surface area (Å²) in [4.78, 5) is 23.6. The van der Waals surface area contributed by atoms with E-state index in [1.807, 2.05) is 0 Å². The zero-order chi connectivity index (χ0) is 16.2. The maximum absolute atomic E-state index is 12.0. The number of halogens is 2. The summed E-state index contributed by atoms with van der Waals surface area (Å²) in [6.45, 7) is 6.76. The number of ether oxygens (including phenoxy) is 1. The number of hydrogen-bond donors (Lipinski definition) is 2. The molecule has 0 saturated carbocycles. The van der Waals surface area contributed by atoms with E-state index in [4.69, 9.17) is 27.9 Å². The van der Waals surface area contributed by atoms with Crippen LogP contribution in [0.4, 0.5) is 10.5 Å². The second-order valence-corrected chi connectivity index (χ2v) is 6.24. The largest absolute Gasteiger partial charge is 0.444 e. The van der Waals surface area contributed by atoms with Crippen LogP contribution < -0.4 is 10.6 Å². The lowest BCUT2D eigenvalue weighted by Gasteiger charge is -2.21. The number of rotatable bonds is 3. The Bertz CT molecular complexity index is 542. The van der Waals surface area contributed by atoms with Gasteiger partial charge in [0.2, 0.25) is 5.91 Å². The topological polar surface area (TPSA) is 67.4 Å². The van der Waals surface area contributed by atoms with Gasteiger partial charge in [0, 0.05) is 0 Å². The molecule has 116 valence electrons. The molecule has 0 aromatic heterocycles. The third-order valence-corrected chi connectivity index (χ3v) is 3.15. The van der Waals surface area contributed by atoms with E-state index in [1.54, 1.807) is 39.0 Å². The second-order valence-electron chi connectivity index (χ2n) is 5.46. The summed E-state index contributed by atoms with van der Waals surface area (Å²) in [5.74, 6) is -0.426. The van der Waals surface area contributed by atoms with Crippen molar-refractivity contribution in [2.75, 3.05) is 5.32 Å². The number of benzene rings is 1. The van der Waals surface area contributed by atoms with E-state index in [-0.39, 0.29) is 5.02 Å². The fourth-order valence-electron chi connectivity index (χ4n) is 1.39. The zero-order valence-electron chi connectivity index (χ0n) is 12.3. The molecular formula is C14H18Cl2N2O3. The smallest absolute Gasteiger partial charge is 0.408 e. The summed E-state index contributed by atoms with van der Waals surface area (Å²) in [6.07, 6.45) is -0.664. The lowest BCUT2D eigenvalue weighted by Crippen LogP contribution is -2.44. The minimum Gasteiger partial charge on any atom is -0.444 e. The van der Waals surface area contributed by atoms with E-state index in [1.165, 1.54) is 6.92 Å². The SMILES string of the molecule is CC(NC(=O)OC(C)(C)C)C(=O)Nc1cccc(Cl)c1Cl. The number of carbonyl (C=O) groups excluding carboxylic acids is 2. The highest BCUT2D eigenvalue weighted by Gasteiger charge is 2.21. The van der Waals surface area contributed by atoms with Crippen molar-refractivity contribution in [1.82, 2.24) is 5.32 Å². The van der Waals surface area contributed by atoms with Gasteiger partial charge in [-0.2, -0.15) is 0 Å². The quantitative estimate of drug-likeness (QED) is 0.883. The molecule has 0 bridgehead atoms. The summed E-state index contributed by atoms with van der Waals surface area (Å²) in [7, 11) is 0. The molecule has 21 heavy (non-hydrogen) atoms. The Labute approximate surface area is 133 Å². The Balaban J connectivity index is 2.63. The third-order valence-electron chi connectivity index (χ3n) is 2.34. The number of carbonyl (C=O) groups is 2. The molecule has 2 amide bonds. The summed E-state index contributed by atoms with van der Waals surface area (Å²) in [5, 5.41) is 5.62. The Hall–Kier alpha value is -1.46. The fourth-order valence-corrected chi connectivity index (χ4v) is 1.74. The van der Waals surface area contributed by atoms with Crippen LogP contribution in [-0.2, 0) is 9.53 Å². The van der Waals surface area contributed by atoms with Crippen LogP contribution in [-0.4, -0.2) is 23.6 Å². The molecule has 1 rings (SSSR count). The third kappa shape index (κ3) is 5.81. The van der Waals surface area contributed by atoms with Crippen LogP contribution in [0.1, 0.15) is 27.7 Å². The van der Waals surface area contributed by atoms with Crippen molar-refractivity contribution in [3.8, 4) is 0 Å². The maximum Gasteiger partial charge on any atom is 0.408 e. The van der Waals surface area contributed by atoms with Gasteiger partial charge in [0.25, 0.3) is 0 Å². The molecule has 0 fully saturated rings. The van der Waals surface area contributed by atoms with E-state index >= 15 is 0 Å². The van der Waals surface area contributed by atoms with Crippen LogP contribution in [0, 0.1) is 0 Å². The van der Waals surface area contributed by atoms with E-state index < -0.39 is 23.6 Å². The van der Waals surface area contributed by atoms with E-state index in [2.05, 4.69) is 10.6 Å². The molecule has 2 N–H and O–H groups in total. The van der Waals surface area contributed by atoms with Crippen LogP contribution in [0.2, 0.25) is 10.0 Å². The van der Waals surface area contributed by atoms with Gasteiger partial charge in [-0.25, -0.2) is 4.79 Å². The van der Waals surface area contributed by atoms with Crippen LogP contribution in [0.15, 0.2) is 18.2 Å². The highest BCUT2D eigenvalue weighted by molar-refractivity contribution is 6.44.